The third-order valence-electron chi connectivity index (χ3n) is 3.42. The molecule has 0 fully saturated rings. The summed E-state index contributed by atoms with van der Waals surface area (Å²) in [5.41, 5.74) is 0. The maximum absolute atomic E-state index is 11.5. The minimum absolute atomic E-state index is 0.0373. The van der Waals surface area contributed by atoms with Gasteiger partial charge in [-0.15, -0.1) is 0 Å². The number of ketones is 1. The third kappa shape index (κ3) is 22.1. The van der Waals surface area contributed by atoms with E-state index in [-0.39, 0.29) is 57.9 Å². The summed E-state index contributed by atoms with van der Waals surface area (Å²) in [6.07, 6.45) is -0.0845. The molecular formula is C20H32O12. The molecule has 32 heavy (non-hydrogen) atoms. The predicted molar refractivity (Wildman–Crippen MR) is 106 cm³/mol. The fraction of sp³-hybridized carbons (Fsp3) is 0.750. The molecule has 0 atom stereocenters. The summed E-state index contributed by atoms with van der Waals surface area (Å²) in [5, 5.41) is 0. The Balaban J connectivity index is 3.34. The van der Waals surface area contributed by atoms with Crippen LogP contribution in [-0.2, 0) is 57.1 Å². The van der Waals surface area contributed by atoms with Gasteiger partial charge < -0.3 is 38.0 Å². The largest absolute Gasteiger partial charge is 0.463 e. The highest BCUT2D eigenvalue weighted by atomic mass is 16.7. The van der Waals surface area contributed by atoms with Gasteiger partial charge in [-0.1, -0.05) is 0 Å². The van der Waals surface area contributed by atoms with E-state index in [0.717, 1.165) is 0 Å². The highest BCUT2D eigenvalue weighted by molar-refractivity contribution is 5.81. The topological polar surface area (TPSA) is 150 Å². The van der Waals surface area contributed by atoms with Crippen LogP contribution in [0.15, 0.2) is 0 Å². The molecule has 0 aliphatic heterocycles. The van der Waals surface area contributed by atoms with Gasteiger partial charge in [0.2, 0.25) is 6.79 Å². The Morgan fingerprint density at radius 1 is 0.469 bits per heavy atom. The Hall–Kier alpha value is -2.57. The second-order valence-electron chi connectivity index (χ2n) is 6.25. The molecule has 0 aromatic heterocycles. The second kappa shape index (κ2) is 20.3. The van der Waals surface area contributed by atoms with Gasteiger partial charge in [-0.3, -0.25) is 19.2 Å². The molecule has 0 saturated carbocycles. The van der Waals surface area contributed by atoms with E-state index in [1.807, 2.05) is 0 Å². The van der Waals surface area contributed by atoms with Crippen molar-refractivity contribution in [3.63, 3.8) is 0 Å². The average Bonchev–Trinajstić information content (AvgIpc) is 2.73. The predicted octanol–water partition coefficient (Wildman–Crippen LogP) is 0.336. The van der Waals surface area contributed by atoms with Crippen molar-refractivity contribution < 1.29 is 57.1 Å². The van der Waals surface area contributed by atoms with Gasteiger partial charge in [0.15, 0.2) is 0 Å². The number of carbonyl (C=O) groups excluding carboxylic acids is 5. The van der Waals surface area contributed by atoms with Gasteiger partial charge in [-0.2, -0.15) is 0 Å². The number of esters is 4. The van der Waals surface area contributed by atoms with Crippen molar-refractivity contribution >= 4 is 29.7 Å². The van der Waals surface area contributed by atoms with E-state index < -0.39 is 30.7 Å². The number of rotatable bonds is 20. The SMILES string of the molecule is CC(=O)CCC(=O)OCCOCCOCCOCCOC(=O)CCC(=O)OCOC(C)=O. The van der Waals surface area contributed by atoms with Crippen LogP contribution in [0.4, 0.5) is 0 Å². The van der Waals surface area contributed by atoms with Crippen LogP contribution in [0.2, 0.25) is 0 Å². The zero-order valence-corrected chi connectivity index (χ0v) is 18.6. The van der Waals surface area contributed by atoms with Crippen molar-refractivity contribution in [1.29, 1.82) is 0 Å². The van der Waals surface area contributed by atoms with E-state index >= 15 is 0 Å². The second-order valence-corrected chi connectivity index (χ2v) is 6.25. The average molecular weight is 464 g/mol. The Bertz CT molecular complexity index is 575. The molecule has 0 heterocycles. The van der Waals surface area contributed by atoms with Crippen LogP contribution in [0.5, 0.6) is 0 Å². The van der Waals surface area contributed by atoms with E-state index in [2.05, 4.69) is 9.47 Å². The molecule has 0 radical (unpaired) electrons. The number of carbonyl (C=O) groups is 5. The van der Waals surface area contributed by atoms with Crippen molar-refractivity contribution in [2.45, 2.75) is 39.5 Å². The first-order valence-corrected chi connectivity index (χ1v) is 10.1. The first kappa shape index (κ1) is 29.4. The summed E-state index contributed by atoms with van der Waals surface area (Å²) in [6, 6.07) is 0. The van der Waals surface area contributed by atoms with Crippen molar-refractivity contribution in [3.05, 3.63) is 0 Å². The van der Waals surface area contributed by atoms with E-state index in [0.29, 0.717) is 26.4 Å². The summed E-state index contributed by atoms with van der Waals surface area (Å²) in [4.78, 5) is 55.2. The molecule has 0 amide bonds. The first-order valence-electron chi connectivity index (χ1n) is 10.1. The van der Waals surface area contributed by atoms with Gasteiger partial charge in [-0.05, 0) is 6.92 Å². The van der Waals surface area contributed by atoms with Gasteiger partial charge in [0.1, 0.15) is 19.0 Å². The number of Topliss-reactive ketones (excluding diaryl/α,β-unsaturated/α-hetero) is 1. The highest BCUT2D eigenvalue weighted by Gasteiger charge is 2.09. The van der Waals surface area contributed by atoms with Gasteiger partial charge in [0.25, 0.3) is 0 Å². The van der Waals surface area contributed by atoms with Crippen LogP contribution < -0.4 is 0 Å². The van der Waals surface area contributed by atoms with Crippen molar-refractivity contribution in [1.82, 2.24) is 0 Å². The van der Waals surface area contributed by atoms with Crippen molar-refractivity contribution in [2.24, 2.45) is 0 Å². The van der Waals surface area contributed by atoms with Crippen LogP contribution in [-0.4, -0.2) is 89.3 Å². The zero-order valence-electron chi connectivity index (χ0n) is 18.6. The Kier molecular flexibility index (Phi) is 18.7. The fourth-order valence-corrected chi connectivity index (χ4v) is 1.85. The van der Waals surface area contributed by atoms with E-state index in [4.69, 9.17) is 23.7 Å². The molecule has 0 saturated heterocycles. The molecule has 0 unspecified atom stereocenters. The monoisotopic (exact) mass is 464 g/mol. The molecule has 0 N–H and O–H groups in total. The van der Waals surface area contributed by atoms with E-state index in [1.54, 1.807) is 0 Å². The molecule has 0 aliphatic carbocycles. The summed E-state index contributed by atoms with van der Waals surface area (Å²) in [6.45, 7) is 3.97. The molecule has 0 aromatic carbocycles. The number of hydrogen-bond donors (Lipinski definition) is 0. The summed E-state index contributed by atoms with van der Waals surface area (Å²) >= 11 is 0. The Labute approximate surface area is 186 Å². The maximum atomic E-state index is 11.5. The lowest BCUT2D eigenvalue weighted by atomic mass is 10.2. The van der Waals surface area contributed by atoms with Gasteiger partial charge in [-0.25, -0.2) is 0 Å². The molecule has 12 nitrogen and oxygen atoms in total. The summed E-state index contributed by atoms with van der Waals surface area (Å²) in [5.74, 6) is -2.31. The normalized spacial score (nSPS) is 10.3. The molecule has 0 aromatic rings. The molecule has 0 bridgehead atoms. The smallest absolute Gasteiger partial charge is 0.309 e. The number of hydrogen-bond acceptors (Lipinski definition) is 12. The lowest BCUT2D eigenvalue weighted by Gasteiger charge is -2.08. The molecule has 0 spiro atoms. The highest BCUT2D eigenvalue weighted by Crippen LogP contribution is 1.97. The van der Waals surface area contributed by atoms with E-state index in [1.165, 1.54) is 13.8 Å². The van der Waals surface area contributed by atoms with Crippen LogP contribution in [0, 0.1) is 0 Å². The molecule has 0 rings (SSSR count). The summed E-state index contributed by atoms with van der Waals surface area (Å²) < 4.78 is 34.5. The Morgan fingerprint density at radius 2 is 0.844 bits per heavy atom. The zero-order chi connectivity index (χ0) is 24.0. The van der Waals surface area contributed by atoms with Gasteiger partial charge in [0.05, 0.1) is 58.9 Å². The molecule has 184 valence electrons. The third-order valence-corrected chi connectivity index (χ3v) is 3.42. The van der Waals surface area contributed by atoms with Crippen LogP contribution >= 0.6 is 0 Å². The lowest BCUT2D eigenvalue weighted by molar-refractivity contribution is -0.167. The molecule has 12 heteroatoms. The van der Waals surface area contributed by atoms with Gasteiger partial charge >= 0.3 is 23.9 Å². The standard InChI is InChI=1S/C20H32O12/c1-16(21)3-4-18(23)29-13-11-27-9-7-26-8-10-28-12-14-30-19(24)5-6-20(25)32-15-31-17(2)22/h3-15H2,1-2H3. The van der Waals surface area contributed by atoms with Crippen LogP contribution in [0.25, 0.3) is 0 Å². The number of ether oxygens (including phenoxy) is 7. The maximum Gasteiger partial charge on any atom is 0.309 e. The van der Waals surface area contributed by atoms with Crippen LogP contribution in [0.1, 0.15) is 39.5 Å². The fourth-order valence-electron chi connectivity index (χ4n) is 1.85. The molecular weight excluding hydrogens is 432 g/mol. The summed E-state index contributed by atoms with van der Waals surface area (Å²) in [7, 11) is 0. The van der Waals surface area contributed by atoms with Crippen molar-refractivity contribution in [3.8, 4) is 0 Å². The minimum atomic E-state index is -0.675. The van der Waals surface area contributed by atoms with Crippen LogP contribution in [0.3, 0.4) is 0 Å². The molecule has 0 aliphatic rings. The minimum Gasteiger partial charge on any atom is -0.463 e. The van der Waals surface area contributed by atoms with Crippen molar-refractivity contribution in [2.75, 3.05) is 59.6 Å². The van der Waals surface area contributed by atoms with E-state index in [9.17, 15) is 24.0 Å². The Morgan fingerprint density at radius 3 is 1.25 bits per heavy atom. The quantitative estimate of drug-likeness (QED) is 0.106. The van der Waals surface area contributed by atoms with Gasteiger partial charge in [0, 0.05) is 13.3 Å². The first-order chi connectivity index (χ1) is 15.3. The lowest BCUT2D eigenvalue weighted by Crippen LogP contribution is -2.16.